The van der Waals surface area contributed by atoms with E-state index < -0.39 is 18.7 Å². The molecule has 8 heteroatoms. The third-order valence-corrected chi connectivity index (χ3v) is 2.55. The first-order valence-electron chi connectivity index (χ1n) is 5.42. The Balaban J connectivity index is 2.27. The summed E-state index contributed by atoms with van der Waals surface area (Å²) in [6, 6.07) is 5.59. The van der Waals surface area contributed by atoms with Crippen LogP contribution in [0.5, 0.6) is 5.75 Å². The van der Waals surface area contributed by atoms with E-state index in [0.717, 1.165) is 0 Å². The minimum Gasteiger partial charge on any atom is -0.486 e. The van der Waals surface area contributed by atoms with E-state index in [1.165, 1.54) is 30.5 Å². The number of anilines is 1. The Labute approximate surface area is 110 Å². The molecule has 108 valence electrons. The van der Waals surface area contributed by atoms with Gasteiger partial charge in [0, 0.05) is 17.3 Å². The molecule has 0 saturated carbocycles. The molecule has 0 fully saturated rings. The first-order chi connectivity index (χ1) is 9.21. The van der Waals surface area contributed by atoms with Gasteiger partial charge in [-0.3, -0.25) is 4.98 Å². The molecule has 0 spiro atoms. The van der Waals surface area contributed by atoms with E-state index in [2.05, 4.69) is 9.72 Å². The average molecular weight is 292 g/mol. The summed E-state index contributed by atoms with van der Waals surface area (Å²) in [5, 5.41) is 0.305. The Morgan fingerprint density at radius 1 is 1.10 bits per heavy atom. The molecule has 0 atom stereocenters. The van der Waals surface area contributed by atoms with Crippen LogP contribution >= 0.6 is 0 Å². The highest BCUT2D eigenvalue weighted by Gasteiger charge is 2.58. The number of hydrogen-bond donors (Lipinski definition) is 1. The quantitative estimate of drug-likeness (QED) is 0.696. The van der Waals surface area contributed by atoms with E-state index in [1.54, 1.807) is 0 Å². The topological polar surface area (TPSA) is 48.1 Å². The molecule has 0 aliphatic carbocycles. The van der Waals surface area contributed by atoms with E-state index in [1.807, 2.05) is 0 Å². The van der Waals surface area contributed by atoms with Crippen LogP contribution in [0.1, 0.15) is 0 Å². The second kappa shape index (κ2) is 4.77. The number of ether oxygens (including phenoxy) is 1. The van der Waals surface area contributed by atoms with Gasteiger partial charge in [-0.25, -0.2) is 0 Å². The summed E-state index contributed by atoms with van der Waals surface area (Å²) >= 11 is 0. The minimum atomic E-state index is -5.65. The standard InChI is InChI=1S/C12H9F5N2O/c13-11(14,12(15,16)17)6-20-10-3-4-19-9-5-7(18)1-2-8(9)10/h1-5H,6,18H2. The normalized spacial score (nSPS) is 12.7. The molecule has 1 heterocycles. The summed E-state index contributed by atoms with van der Waals surface area (Å²) in [5.41, 5.74) is 6.26. The van der Waals surface area contributed by atoms with Crippen molar-refractivity contribution in [1.82, 2.24) is 4.98 Å². The lowest BCUT2D eigenvalue weighted by molar-refractivity contribution is -0.289. The van der Waals surface area contributed by atoms with E-state index >= 15 is 0 Å². The molecule has 1 aromatic carbocycles. The van der Waals surface area contributed by atoms with Crippen LogP contribution in [0.4, 0.5) is 27.6 Å². The minimum absolute atomic E-state index is 0.112. The van der Waals surface area contributed by atoms with Crippen molar-refractivity contribution in [3.8, 4) is 5.75 Å². The van der Waals surface area contributed by atoms with Crippen LogP contribution in [0.2, 0.25) is 0 Å². The highest BCUT2D eigenvalue weighted by Crippen LogP contribution is 2.36. The first-order valence-corrected chi connectivity index (χ1v) is 5.42. The van der Waals surface area contributed by atoms with Gasteiger partial charge in [-0.05, 0) is 24.3 Å². The molecule has 0 unspecified atom stereocenters. The number of alkyl halides is 5. The van der Waals surface area contributed by atoms with E-state index in [9.17, 15) is 22.0 Å². The third kappa shape index (κ3) is 2.73. The largest absolute Gasteiger partial charge is 0.486 e. The Kier molecular flexibility index (Phi) is 3.41. The number of pyridine rings is 1. The van der Waals surface area contributed by atoms with Crippen molar-refractivity contribution in [2.45, 2.75) is 12.1 Å². The van der Waals surface area contributed by atoms with Crippen LogP contribution in [0, 0.1) is 0 Å². The Hall–Kier alpha value is -2.12. The summed E-state index contributed by atoms with van der Waals surface area (Å²) in [7, 11) is 0. The molecule has 1 aromatic heterocycles. The molecule has 0 aliphatic rings. The summed E-state index contributed by atoms with van der Waals surface area (Å²) in [6.45, 7) is -1.79. The van der Waals surface area contributed by atoms with E-state index in [0.29, 0.717) is 16.6 Å². The number of nitrogens with two attached hydrogens (primary N) is 1. The van der Waals surface area contributed by atoms with Crippen molar-refractivity contribution < 1.29 is 26.7 Å². The summed E-state index contributed by atoms with van der Waals surface area (Å²) in [6.07, 6.45) is -4.41. The van der Waals surface area contributed by atoms with Crippen LogP contribution in [0.15, 0.2) is 30.5 Å². The third-order valence-electron chi connectivity index (χ3n) is 2.55. The van der Waals surface area contributed by atoms with Crippen molar-refractivity contribution in [3.63, 3.8) is 0 Å². The summed E-state index contributed by atoms with van der Waals surface area (Å²) in [4.78, 5) is 3.93. The fourth-order valence-electron chi connectivity index (χ4n) is 1.51. The Morgan fingerprint density at radius 2 is 1.80 bits per heavy atom. The highest BCUT2D eigenvalue weighted by molar-refractivity contribution is 5.87. The van der Waals surface area contributed by atoms with Gasteiger partial charge in [0.1, 0.15) is 5.75 Å². The molecule has 0 saturated heterocycles. The van der Waals surface area contributed by atoms with Gasteiger partial charge in [0.15, 0.2) is 6.61 Å². The van der Waals surface area contributed by atoms with Crippen LogP contribution in [-0.4, -0.2) is 23.7 Å². The number of nitrogen functional groups attached to an aromatic ring is 1. The lowest BCUT2D eigenvalue weighted by atomic mass is 10.2. The molecular formula is C12H9F5N2O. The number of rotatable bonds is 3. The monoisotopic (exact) mass is 292 g/mol. The van der Waals surface area contributed by atoms with Crippen LogP contribution < -0.4 is 10.5 Å². The van der Waals surface area contributed by atoms with Gasteiger partial charge in [0.05, 0.1) is 5.52 Å². The average Bonchev–Trinajstić information content (AvgIpc) is 2.34. The van der Waals surface area contributed by atoms with Crippen LogP contribution in [0.3, 0.4) is 0 Å². The molecule has 0 aliphatic heterocycles. The zero-order valence-electron chi connectivity index (χ0n) is 9.92. The smallest absolute Gasteiger partial charge is 0.456 e. The van der Waals surface area contributed by atoms with Gasteiger partial charge < -0.3 is 10.5 Å². The highest BCUT2D eigenvalue weighted by atomic mass is 19.4. The van der Waals surface area contributed by atoms with Gasteiger partial charge in [-0.15, -0.1) is 0 Å². The van der Waals surface area contributed by atoms with Gasteiger partial charge in [-0.2, -0.15) is 22.0 Å². The van der Waals surface area contributed by atoms with Crippen molar-refractivity contribution >= 4 is 16.6 Å². The molecule has 2 rings (SSSR count). The van der Waals surface area contributed by atoms with Crippen molar-refractivity contribution in [3.05, 3.63) is 30.5 Å². The Morgan fingerprint density at radius 3 is 2.45 bits per heavy atom. The Bertz CT molecular complexity index is 627. The molecule has 0 amide bonds. The fourth-order valence-corrected chi connectivity index (χ4v) is 1.51. The van der Waals surface area contributed by atoms with Gasteiger partial charge in [0.2, 0.25) is 0 Å². The zero-order chi connectivity index (χ0) is 15.0. The number of halogens is 5. The van der Waals surface area contributed by atoms with Crippen molar-refractivity contribution in [2.24, 2.45) is 0 Å². The number of hydrogen-bond acceptors (Lipinski definition) is 3. The lowest BCUT2D eigenvalue weighted by Crippen LogP contribution is -2.41. The van der Waals surface area contributed by atoms with E-state index in [-0.39, 0.29) is 5.75 Å². The van der Waals surface area contributed by atoms with Crippen molar-refractivity contribution in [2.75, 3.05) is 12.3 Å². The molecule has 2 N–H and O–H groups in total. The molecule has 2 aromatic rings. The SMILES string of the molecule is Nc1ccc2c(OCC(F)(F)C(F)(F)F)ccnc2c1. The maximum absolute atomic E-state index is 12.8. The van der Waals surface area contributed by atoms with Crippen LogP contribution in [0.25, 0.3) is 10.9 Å². The number of fused-ring (bicyclic) bond motifs is 1. The van der Waals surface area contributed by atoms with Crippen LogP contribution in [-0.2, 0) is 0 Å². The second-order valence-corrected chi connectivity index (χ2v) is 4.08. The predicted molar refractivity (Wildman–Crippen MR) is 62.7 cm³/mol. The van der Waals surface area contributed by atoms with Gasteiger partial charge in [0.25, 0.3) is 0 Å². The molecule has 0 radical (unpaired) electrons. The first kappa shape index (κ1) is 14.3. The molecule has 3 nitrogen and oxygen atoms in total. The number of nitrogens with zero attached hydrogens (tertiary/aromatic N) is 1. The molecular weight excluding hydrogens is 283 g/mol. The summed E-state index contributed by atoms with van der Waals surface area (Å²) < 4.78 is 66.3. The van der Waals surface area contributed by atoms with Gasteiger partial charge >= 0.3 is 12.1 Å². The maximum atomic E-state index is 12.8. The molecule has 0 bridgehead atoms. The summed E-state index contributed by atoms with van der Waals surface area (Å²) in [5.74, 6) is -5.03. The predicted octanol–water partition coefficient (Wildman–Crippen LogP) is 3.39. The maximum Gasteiger partial charge on any atom is 0.456 e. The van der Waals surface area contributed by atoms with Gasteiger partial charge in [-0.1, -0.05) is 0 Å². The second-order valence-electron chi connectivity index (χ2n) is 4.08. The number of benzene rings is 1. The van der Waals surface area contributed by atoms with Crippen molar-refractivity contribution in [1.29, 1.82) is 0 Å². The molecule has 20 heavy (non-hydrogen) atoms. The van der Waals surface area contributed by atoms with E-state index in [4.69, 9.17) is 5.73 Å². The number of aromatic nitrogens is 1. The zero-order valence-corrected chi connectivity index (χ0v) is 9.92. The lowest BCUT2D eigenvalue weighted by Gasteiger charge is -2.20. The fraction of sp³-hybridized carbons (Fsp3) is 0.250.